The Morgan fingerprint density at radius 3 is 2.54 bits per heavy atom. The molecule has 0 radical (unpaired) electrons. The van der Waals surface area contributed by atoms with E-state index in [2.05, 4.69) is 26.0 Å². The van der Waals surface area contributed by atoms with Gasteiger partial charge in [-0.1, -0.05) is 17.7 Å². The summed E-state index contributed by atoms with van der Waals surface area (Å²) >= 11 is 4.21. The van der Waals surface area contributed by atoms with Crippen molar-refractivity contribution in [2.75, 3.05) is 26.1 Å². The second kappa shape index (κ2) is 12.2. The number of imide groups is 1. The quantitative estimate of drug-likeness (QED) is 0.249. The molecule has 1 aromatic heterocycles. The highest BCUT2D eigenvalue weighted by molar-refractivity contribution is 9.10. The van der Waals surface area contributed by atoms with Crippen molar-refractivity contribution in [3.05, 3.63) is 80.6 Å². The molecule has 0 unspecified atom stereocenters. The number of thioether (sulfide) groups is 1. The first-order chi connectivity index (χ1) is 18.7. The van der Waals surface area contributed by atoms with Gasteiger partial charge in [-0.15, -0.1) is 0 Å². The van der Waals surface area contributed by atoms with Crippen molar-refractivity contribution in [3.8, 4) is 11.5 Å². The van der Waals surface area contributed by atoms with Crippen LogP contribution in [-0.2, 0) is 20.9 Å². The normalized spacial score (nSPS) is 14.1. The average Bonchev–Trinajstić information content (AvgIpc) is 3.49. The molecule has 0 spiro atoms. The van der Waals surface area contributed by atoms with Crippen molar-refractivity contribution in [2.45, 2.75) is 13.5 Å². The molecule has 4 rings (SSSR count). The van der Waals surface area contributed by atoms with Crippen LogP contribution in [0, 0.1) is 6.92 Å². The topological polar surface area (TPSA) is 124 Å². The first-order valence-electron chi connectivity index (χ1n) is 11.5. The molecule has 1 fully saturated rings. The lowest BCUT2D eigenvalue weighted by molar-refractivity contribution is -0.123. The van der Waals surface area contributed by atoms with E-state index >= 15 is 0 Å². The first kappa shape index (κ1) is 28.0. The van der Waals surface area contributed by atoms with Crippen LogP contribution in [-0.4, -0.2) is 48.7 Å². The molecule has 12 heteroatoms. The minimum Gasteiger partial charge on any atom is -0.493 e. The van der Waals surface area contributed by atoms with E-state index in [1.165, 1.54) is 26.4 Å². The zero-order valence-corrected chi connectivity index (χ0v) is 23.5. The van der Waals surface area contributed by atoms with E-state index in [-0.39, 0.29) is 35.5 Å². The van der Waals surface area contributed by atoms with Gasteiger partial charge in [0.05, 0.1) is 30.1 Å². The zero-order chi connectivity index (χ0) is 28.1. The number of methoxy groups -OCH3 is 2. The van der Waals surface area contributed by atoms with Crippen molar-refractivity contribution >= 4 is 62.5 Å². The highest BCUT2D eigenvalue weighted by atomic mass is 79.9. The van der Waals surface area contributed by atoms with Crippen LogP contribution in [0.2, 0.25) is 0 Å². The summed E-state index contributed by atoms with van der Waals surface area (Å²) in [5.41, 5.74) is 2.29. The molecular weight excluding hydrogens is 592 g/mol. The molecule has 1 aliphatic rings. The Bertz CT molecular complexity index is 1460. The van der Waals surface area contributed by atoms with E-state index in [0.29, 0.717) is 27.2 Å². The van der Waals surface area contributed by atoms with Crippen molar-refractivity contribution in [3.63, 3.8) is 0 Å². The molecule has 0 atom stereocenters. The Morgan fingerprint density at radius 1 is 1.10 bits per heavy atom. The minimum atomic E-state index is -0.658. The third-order valence-corrected chi connectivity index (χ3v) is 6.96. The maximum absolute atomic E-state index is 12.9. The van der Waals surface area contributed by atoms with Crippen LogP contribution in [0.3, 0.4) is 0 Å². The number of nitrogens with one attached hydrogen (secondary N) is 1. The lowest BCUT2D eigenvalue weighted by Gasteiger charge is -2.14. The van der Waals surface area contributed by atoms with Crippen LogP contribution in [0.4, 0.5) is 10.5 Å². The van der Waals surface area contributed by atoms with Gasteiger partial charge in [-0.3, -0.25) is 19.3 Å². The molecule has 3 amide bonds. The van der Waals surface area contributed by atoms with Gasteiger partial charge in [-0.25, -0.2) is 4.79 Å². The number of hydrogen-bond donors (Lipinski definition) is 1. The van der Waals surface area contributed by atoms with Crippen LogP contribution in [0.15, 0.2) is 62.3 Å². The number of ether oxygens (including phenoxy) is 3. The van der Waals surface area contributed by atoms with Crippen LogP contribution < -0.4 is 14.8 Å². The van der Waals surface area contributed by atoms with Crippen molar-refractivity contribution in [1.29, 1.82) is 0 Å². The van der Waals surface area contributed by atoms with E-state index in [9.17, 15) is 19.2 Å². The SMILES string of the molecule is COC(=O)c1ccc(CN2C(=O)S/C(=C/c3cc(Br)c(OCC(=O)Nc4ccc(C)cc4)c(OC)c3)C2=O)o1. The fraction of sp³-hybridized carbons (Fsp3) is 0.185. The monoisotopic (exact) mass is 614 g/mol. The van der Waals surface area contributed by atoms with Crippen LogP contribution in [0.5, 0.6) is 11.5 Å². The molecular formula is C27H23BrN2O8S. The van der Waals surface area contributed by atoms with Crippen molar-refractivity contribution < 1.29 is 37.8 Å². The highest BCUT2D eigenvalue weighted by Crippen LogP contribution is 2.39. The summed E-state index contributed by atoms with van der Waals surface area (Å²) in [6.07, 6.45) is 1.55. The van der Waals surface area contributed by atoms with Gasteiger partial charge >= 0.3 is 5.97 Å². The Balaban J connectivity index is 1.45. The minimum absolute atomic E-state index is 0.0260. The van der Waals surface area contributed by atoms with Crippen LogP contribution in [0.1, 0.15) is 27.4 Å². The number of carbonyl (C=O) groups excluding carboxylic acids is 4. The number of rotatable bonds is 9. The zero-order valence-electron chi connectivity index (χ0n) is 21.1. The number of furan rings is 1. The van der Waals surface area contributed by atoms with E-state index in [4.69, 9.17) is 13.9 Å². The Labute approximate surface area is 236 Å². The van der Waals surface area contributed by atoms with Gasteiger partial charge in [-0.2, -0.15) is 0 Å². The molecule has 1 N–H and O–H groups in total. The van der Waals surface area contributed by atoms with E-state index in [0.717, 1.165) is 22.2 Å². The summed E-state index contributed by atoms with van der Waals surface area (Å²) in [7, 11) is 2.67. The maximum atomic E-state index is 12.9. The van der Waals surface area contributed by atoms with Gasteiger partial charge in [-0.05, 0) is 82.7 Å². The lowest BCUT2D eigenvalue weighted by atomic mass is 10.2. The number of carbonyl (C=O) groups is 4. The predicted molar refractivity (Wildman–Crippen MR) is 148 cm³/mol. The van der Waals surface area contributed by atoms with E-state index in [1.807, 2.05) is 19.1 Å². The molecule has 3 aromatic rings. The van der Waals surface area contributed by atoms with Gasteiger partial charge in [0.1, 0.15) is 5.76 Å². The highest BCUT2D eigenvalue weighted by Gasteiger charge is 2.36. The van der Waals surface area contributed by atoms with Gasteiger partial charge < -0.3 is 23.9 Å². The number of nitrogens with zero attached hydrogens (tertiary/aromatic N) is 1. The number of hydrogen-bond acceptors (Lipinski definition) is 9. The number of aryl methyl sites for hydroxylation is 1. The molecule has 1 saturated heterocycles. The van der Waals surface area contributed by atoms with Gasteiger partial charge in [0.15, 0.2) is 18.1 Å². The van der Waals surface area contributed by atoms with E-state index in [1.54, 1.807) is 30.3 Å². The maximum Gasteiger partial charge on any atom is 0.373 e. The van der Waals surface area contributed by atoms with Gasteiger partial charge in [0.25, 0.3) is 17.1 Å². The number of benzene rings is 2. The van der Waals surface area contributed by atoms with Crippen LogP contribution >= 0.6 is 27.7 Å². The number of anilines is 1. The molecule has 0 aliphatic carbocycles. The van der Waals surface area contributed by atoms with E-state index < -0.39 is 17.1 Å². The predicted octanol–water partition coefficient (Wildman–Crippen LogP) is 5.40. The molecule has 0 saturated carbocycles. The summed E-state index contributed by atoms with van der Waals surface area (Å²) in [5.74, 6) is -0.651. The van der Waals surface area contributed by atoms with Crippen molar-refractivity contribution in [2.24, 2.45) is 0 Å². The third-order valence-electron chi connectivity index (χ3n) is 5.47. The second-order valence-corrected chi connectivity index (χ2v) is 10.1. The van der Waals surface area contributed by atoms with Crippen molar-refractivity contribution in [1.82, 2.24) is 4.90 Å². The fourth-order valence-corrected chi connectivity index (χ4v) is 4.96. The standard InChI is InChI=1S/C27H23BrN2O8S/c1-15-4-6-17(7-5-15)29-23(31)14-37-24-19(28)10-16(11-21(24)35-2)12-22-25(32)30(27(34)39-22)13-18-8-9-20(38-18)26(33)36-3/h4-12H,13-14H2,1-3H3,(H,29,31)/b22-12+. The summed E-state index contributed by atoms with van der Waals surface area (Å²) in [5, 5.41) is 2.28. The summed E-state index contributed by atoms with van der Waals surface area (Å²) in [6, 6.07) is 13.6. The third kappa shape index (κ3) is 6.70. The molecule has 2 aromatic carbocycles. The Morgan fingerprint density at radius 2 is 1.85 bits per heavy atom. The average molecular weight is 615 g/mol. The molecule has 2 heterocycles. The van der Waals surface area contributed by atoms with Crippen LogP contribution in [0.25, 0.3) is 6.08 Å². The summed E-state index contributed by atoms with van der Waals surface area (Å²) in [4.78, 5) is 50.6. The Hall–Kier alpha value is -4.03. The van der Waals surface area contributed by atoms with Gasteiger partial charge in [0, 0.05) is 5.69 Å². The number of amides is 3. The molecule has 39 heavy (non-hydrogen) atoms. The number of halogens is 1. The smallest absolute Gasteiger partial charge is 0.373 e. The summed E-state index contributed by atoms with van der Waals surface area (Å²) < 4.78 is 21.6. The molecule has 202 valence electrons. The first-order valence-corrected chi connectivity index (χ1v) is 13.1. The Kier molecular flexibility index (Phi) is 8.77. The number of esters is 1. The molecule has 1 aliphatic heterocycles. The summed E-state index contributed by atoms with van der Waals surface area (Å²) in [6.45, 7) is 1.56. The lowest BCUT2D eigenvalue weighted by Crippen LogP contribution is -2.27. The second-order valence-electron chi connectivity index (χ2n) is 8.26. The van der Waals surface area contributed by atoms with Gasteiger partial charge in [0.2, 0.25) is 5.76 Å². The largest absolute Gasteiger partial charge is 0.493 e. The molecule has 0 bridgehead atoms. The molecule has 10 nitrogen and oxygen atoms in total. The fourth-order valence-electron chi connectivity index (χ4n) is 3.55.